The summed E-state index contributed by atoms with van der Waals surface area (Å²) in [6, 6.07) is 0. The highest BCUT2D eigenvalue weighted by Crippen LogP contribution is 1.66. The van der Waals surface area contributed by atoms with Crippen molar-refractivity contribution in [2.24, 2.45) is 0 Å². The van der Waals surface area contributed by atoms with Gasteiger partial charge in [-0.25, -0.2) is 0 Å². The molecule has 1 N–H and O–H groups in total. The summed E-state index contributed by atoms with van der Waals surface area (Å²) in [5.41, 5.74) is 0. The topological polar surface area (TPSA) is 12.0 Å². The van der Waals surface area contributed by atoms with Crippen LogP contribution in [-0.2, 0) is 0 Å². The molecule has 0 aromatic carbocycles. The van der Waals surface area contributed by atoms with Crippen LogP contribution in [0.2, 0.25) is 13.6 Å². The molecule has 0 fully saturated rings. The third-order valence-corrected chi connectivity index (χ3v) is 0.451. The normalized spacial score (nSPS) is 7.00. The average molecular weight is 82.9 g/mol. The summed E-state index contributed by atoms with van der Waals surface area (Å²) in [5.74, 6) is 0. The van der Waals surface area contributed by atoms with Crippen LogP contribution in [-0.4, -0.2) is 6.85 Å². The zero-order valence-electron chi connectivity index (χ0n) is 4.36. The molecule has 6 heavy (non-hydrogen) atoms. The molecular formula is C4H10BN. The number of hydrogen-bond acceptors (Lipinski definition) is 1. The molecule has 0 heterocycles. The van der Waals surface area contributed by atoms with Gasteiger partial charge in [-0.05, 0) is 6.20 Å². The molecule has 0 rings (SSSR count). The Morgan fingerprint density at radius 1 is 1.67 bits per heavy atom. The summed E-state index contributed by atoms with van der Waals surface area (Å²) in [4.78, 5) is 0. The fourth-order valence-corrected chi connectivity index (χ4v) is 0.236. The maximum Gasteiger partial charge on any atom is 0.244 e. The predicted molar refractivity (Wildman–Crippen MR) is 30.8 cm³/mol. The van der Waals surface area contributed by atoms with Gasteiger partial charge in [-0.15, -0.1) is 0 Å². The first kappa shape index (κ1) is 5.60. The van der Waals surface area contributed by atoms with Gasteiger partial charge >= 0.3 is 0 Å². The van der Waals surface area contributed by atoms with Crippen molar-refractivity contribution in [3.05, 3.63) is 12.8 Å². The van der Waals surface area contributed by atoms with Crippen LogP contribution in [0.25, 0.3) is 0 Å². The summed E-state index contributed by atoms with van der Waals surface area (Å²) >= 11 is 0. The van der Waals surface area contributed by atoms with Crippen molar-refractivity contribution in [1.29, 1.82) is 0 Å². The van der Waals surface area contributed by atoms with Crippen molar-refractivity contribution in [3.8, 4) is 0 Å². The molecule has 0 aliphatic carbocycles. The second kappa shape index (κ2) is 2.82. The molecule has 2 heteroatoms. The second-order valence-corrected chi connectivity index (χ2v) is 1.53. The Balaban J connectivity index is 2.81. The van der Waals surface area contributed by atoms with Crippen LogP contribution in [0.4, 0.5) is 0 Å². The molecule has 0 aliphatic heterocycles. The van der Waals surface area contributed by atoms with E-state index in [0.717, 1.165) is 0 Å². The van der Waals surface area contributed by atoms with E-state index in [1.807, 2.05) is 0 Å². The number of hydrogen-bond donors (Lipinski definition) is 1. The van der Waals surface area contributed by atoms with Crippen LogP contribution in [0.3, 0.4) is 0 Å². The van der Waals surface area contributed by atoms with Crippen molar-refractivity contribution in [3.63, 3.8) is 0 Å². The molecule has 34 valence electrons. The van der Waals surface area contributed by atoms with Gasteiger partial charge in [-0.3, -0.25) is 0 Å². The van der Waals surface area contributed by atoms with Gasteiger partial charge in [0.1, 0.15) is 0 Å². The lowest BCUT2D eigenvalue weighted by atomic mass is 9.69. The predicted octanol–water partition coefficient (Wildman–Crippen LogP) is 0.971. The lowest BCUT2D eigenvalue weighted by Crippen LogP contribution is -2.19. The van der Waals surface area contributed by atoms with E-state index in [-0.39, 0.29) is 0 Å². The summed E-state index contributed by atoms with van der Waals surface area (Å²) < 4.78 is 0. The SMILES string of the molecule is C=CNB(C)C. The third-order valence-electron chi connectivity index (χ3n) is 0.451. The second-order valence-electron chi connectivity index (χ2n) is 1.53. The van der Waals surface area contributed by atoms with E-state index in [2.05, 4.69) is 25.5 Å². The maximum atomic E-state index is 3.49. The monoisotopic (exact) mass is 83.1 g/mol. The van der Waals surface area contributed by atoms with Gasteiger partial charge in [0.25, 0.3) is 0 Å². The smallest absolute Gasteiger partial charge is 0.244 e. The van der Waals surface area contributed by atoms with Crippen molar-refractivity contribution < 1.29 is 0 Å². The van der Waals surface area contributed by atoms with E-state index >= 15 is 0 Å². The van der Waals surface area contributed by atoms with Crippen molar-refractivity contribution >= 4 is 6.85 Å². The van der Waals surface area contributed by atoms with E-state index in [1.165, 1.54) is 0 Å². The highest BCUT2D eigenvalue weighted by Gasteiger charge is 1.87. The van der Waals surface area contributed by atoms with Crippen LogP contribution in [0.5, 0.6) is 0 Å². The van der Waals surface area contributed by atoms with Gasteiger partial charge in [0.05, 0.1) is 0 Å². The van der Waals surface area contributed by atoms with E-state index < -0.39 is 0 Å². The summed E-state index contributed by atoms with van der Waals surface area (Å²) in [6.07, 6.45) is 1.70. The van der Waals surface area contributed by atoms with Crippen LogP contribution in [0.15, 0.2) is 12.8 Å². The van der Waals surface area contributed by atoms with E-state index in [9.17, 15) is 0 Å². The van der Waals surface area contributed by atoms with E-state index in [1.54, 1.807) is 6.20 Å². The minimum atomic E-state index is 0.530. The molecule has 0 aromatic rings. The molecule has 0 aliphatic rings. The van der Waals surface area contributed by atoms with Crippen LogP contribution < -0.4 is 5.23 Å². The van der Waals surface area contributed by atoms with Crippen LogP contribution in [0, 0.1) is 0 Å². The number of rotatable bonds is 2. The van der Waals surface area contributed by atoms with Gasteiger partial charge in [-0.2, -0.15) is 0 Å². The summed E-state index contributed by atoms with van der Waals surface area (Å²) in [6.45, 7) is 8.16. The lowest BCUT2D eigenvalue weighted by Gasteiger charge is -1.94. The molecule has 0 spiro atoms. The highest BCUT2D eigenvalue weighted by molar-refractivity contribution is 6.53. The van der Waals surface area contributed by atoms with Gasteiger partial charge in [0.15, 0.2) is 0 Å². The minimum Gasteiger partial charge on any atom is -0.435 e. The molecule has 0 atom stereocenters. The third kappa shape index (κ3) is 3.60. The van der Waals surface area contributed by atoms with Crippen LogP contribution in [0.1, 0.15) is 0 Å². The van der Waals surface area contributed by atoms with Gasteiger partial charge in [-0.1, -0.05) is 20.2 Å². The Morgan fingerprint density at radius 2 is 2.17 bits per heavy atom. The highest BCUT2D eigenvalue weighted by atomic mass is 14.7. The summed E-state index contributed by atoms with van der Waals surface area (Å²) in [5, 5.41) is 2.97. The van der Waals surface area contributed by atoms with Crippen LogP contribution >= 0.6 is 0 Å². The fourth-order valence-electron chi connectivity index (χ4n) is 0.236. The lowest BCUT2D eigenvalue weighted by molar-refractivity contribution is 1.33. The Morgan fingerprint density at radius 3 is 2.17 bits per heavy atom. The molecule has 0 radical (unpaired) electrons. The zero-order chi connectivity index (χ0) is 4.99. The molecule has 0 amide bonds. The first-order chi connectivity index (χ1) is 2.77. The molecule has 0 bridgehead atoms. The van der Waals surface area contributed by atoms with Crippen molar-refractivity contribution in [2.45, 2.75) is 13.6 Å². The zero-order valence-corrected chi connectivity index (χ0v) is 4.36. The maximum absolute atomic E-state index is 3.49. The Bertz CT molecular complexity index is 42.8. The molecule has 1 nitrogen and oxygen atoms in total. The Kier molecular flexibility index (Phi) is 2.64. The Labute approximate surface area is 39.5 Å². The quantitative estimate of drug-likeness (QED) is 0.490. The summed E-state index contributed by atoms with van der Waals surface area (Å²) in [7, 11) is 0. The minimum absolute atomic E-state index is 0.530. The standard InChI is InChI=1S/C4H10BN/c1-4-6-5(2)3/h4,6H,1H2,2-3H3. The van der Waals surface area contributed by atoms with E-state index in [4.69, 9.17) is 0 Å². The van der Waals surface area contributed by atoms with Crippen molar-refractivity contribution in [2.75, 3.05) is 0 Å². The average Bonchev–Trinajstić information content (AvgIpc) is 1.35. The van der Waals surface area contributed by atoms with Gasteiger partial charge < -0.3 is 5.23 Å². The first-order valence-electron chi connectivity index (χ1n) is 2.14. The van der Waals surface area contributed by atoms with E-state index in [0.29, 0.717) is 6.85 Å². The first-order valence-corrected chi connectivity index (χ1v) is 2.14. The molecule has 0 saturated carbocycles. The van der Waals surface area contributed by atoms with Crippen molar-refractivity contribution in [1.82, 2.24) is 5.23 Å². The molecular weight excluding hydrogens is 72.9 g/mol. The molecule has 0 saturated heterocycles. The van der Waals surface area contributed by atoms with Gasteiger partial charge in [0, 0.05) is 0 Å². The fraction of sp³-hybridized carbons (Fsp3) is 0.500. The molecule has 0 aromatic heterocycles. The molecule has 0 unspecified atom stereocenters. The number of nitrogens with one attached hydrogen (secondary N) is 1. The Hall–Kier alpha value is -0.395. The largest absolute Gasteiger partial charge is 0.435 e. The van der Waals surface area contributed by atoms with Gasteiger partial charge in [0.2, 0.25) is 6.85 Å².